The van der Waals surface area contributed by atoms with E-state index >= 15 is 0 Å². The fraction of sp³-hybridized carbons (Fsp3) is 0.0769. The summed E-state index contributed by atoms with van der Waals surface area (Å²) >= 11 is 5.78. The van der Waals surface area contributed by atoms with Crippen molar-refractivity contribution in [3.05, 3.63) is 52.8 Å². The van der Waals surface area contributed by atoms with Crippen molar-refractivity contribution in [1.82, 2.24) is 4.98 Å². The van der Waals surface area contributed by atoms with E-state index in [0.29, 0.717) is 22.0 Å². The Hall–Kier alpha value is -2.07. The predicted molar refractivity (Wildman–Crippen MR) is 72.8 cm³/mol. The van der Waals surface area contributed by atoms with E-state index in [-0.39, 0.29) is 5.91 Å². The highest BCUT2D eigenvalue weighted by molar-refractivity contribution is 6.31. The van der Waals surface area contributed by atoms with Gasteiger partial charge in [0, 0.05) is 28.3 Å². The van der Waals surface area contributed by atoms with Crippen LogP contribution in [0.25, 0.3) is 0 Å². The molecule has 18 heavy (non-hydrogen) atoms. The first kappa shape index (κ1) is 12.4. The number of aryl methyl sites for hydroxylation is 1. The topological polar surface area (TPSA) is 68.0 Å². The van der Waals surface area contributed by atoms with Crippen molar-refractivity contribution in [2.24, 2.45) is 0 Å². The van der Waals surface area contributed by atoms with Crippen LogP contribution in [-0.2, 0) is 0 Å². The number of nitrogens with zero attached hydrogens (tertiary/aromatic N) is 1. The molecule has 4 nitrogen and oxygen atoms in total. The zero-order valence-corrected chi connectivity index (χ0v) is 10.5. The number of pyridine rings is 1. The zero-order chi connectivity index (χ0) is 13.1. The normalized spacial score (nSPS) is 10.1. The minimum atomic E-state index is -0.269. The van der Waals surface area contributed by atoms with Gasteiger partial charge in [-0.25, -0.2) is 0 Å². The van der Waals surface area contributed by atoms with E-state index in [0.717, 1.165) is 5.69 Å². The lowest BCUT2D eigenvalue weighted by molar-refractivity contribution is 0.102. The third-order valence-electron chi connectivity index (χ3n) is 2.41. The summed E-state index contributed by atoms with van der Waals surface area (Å²) in [6.45, 7) is 1.85. The maximum atomic E-state index is 12.0. The first-order valence-corrected chi connectivity index (χ1v) is 5.73. The van der Waals surface area contributed by atoms with Crippen molar-refractivity contribution < 1.29 is 4.79 Å². The van der Waals surface area contributed by atoms with E-state index in [1.165, 1.54) is 0 Å². The Morgan fingerprint density at radius 2 is 2.11 bits per heavy atom. The van der Waals surface area contributed by atoms with Crippen molar-refractivity contribution in [2.45, 2.75) is 6.92 Å². The van der Waals surface area contributed by atoms with Crippen molar-refractivity contribution >= 4 is 28.9 Å². The number of hydrogen-bond donors (Lipinski definition) is 2. The molecule has 0 fully saturated rings. The van der Waals surface area contributed by atoms with Gasteiger partial charge in [0.25, 0.3) is 5.91 Å². The predicted octanol–water partition coefficient (Wildman–Crippen LogP) is 2.88. The number of carbonyl (C=O) groups excluding carboxylic acids is 1. The Kier molecular flexibility index (Phi) is 3.48. The second-order valence-electron chi connectivity index (χ2n) is 3.87. The number of nitrogens with two attached hydrogens (primary N) is 1. The molecule has 1 heterocycles. The standard InChI is InChI=1S/C13H12ClN3O/c1-8-6-10(4-5-16-8)17-13(18)11-3-2-9(14)7-12(11)15/h2-7H,15H2,1H3,(H,16,17,18). The molecule has 1 amide bonds. The van der Waals surface area contributed by atoms with Crippen LogP contribution in [0.1, 0.15) is 16.1 Å². The molecule has 0 atom stereocenters. The van der Waals surface area contributed by atoms with E-state index in [9.17, 15) is 4.79 Å². The SMILES string of the molecule is Cc1cc(NC(=O)c2ccc(Cl)cc2N)ccn1. The second kappa shape index (κ2) is 5.06. The Morgan fingerprint density at radius 3 is 2.78 bits per heavy atom. The van der Waals surface area contributed by atoms with E-state index < -0.39 is 0 Å². The fourth-order valence-electron chi connectivity index (χ4n) is 1.56. The molecule has 0 radical (unpaired) electrons. The number of nitrogen functional groups attached to an aromatic ring is 1. The smallest absolute Gasteiger partial charge is 0.257 e. The van der Waals surface area contributed by atoms with Crippen molar-refractivity contribution in [2.75, 3.05) is 11.1 Å². The van der Waals surface area contributed by atoms with Gasteiger partial charge in [-0.3, -0.25) is 9.78 Å². The Morgan fingerprint density at radius 1 is 1.33 bits per heavy atom. The van der Waals surface area contributed by atoms with Crippen LogP contribution >= 0.6 is 11.6 Å². The number of anilines is 2. The Bertz CT molecular complexity index is 599. The maximum absolute atomic E-state index is 12.0. The molecule has 0 aliphatic rings. The summed E-state index contributed by atoms with van der Waals surface area (Å²) < 4.78 is 0. The average molecular weight is 262 g/mol. The first-order chi connectivity index (χ1) is 8.56. The third-order valence-corrected chi connectivity index (χ3v) is 2.65. The van der Waals surface area contributed by atoms with Crippen LogP contribution in [0.4, 0.5) is 11.4 Å². The number of rotatable bonds is 2. The van der Waals surface area contributed by atoms with Gasteiger partial charge in [0.05, 0.1) is 5.56 Å². The molecular formula is C13H12ClN3O. The molecule has 1 aromatic heterocycles. The number of halogens is 1. The third kappa shape index (κ3) is 2.78. The van der Waals surface area contributed by atoms with Crippen LogP contribution in [-0.4, -0.2) is 10.9 Å². The van der Waals surface area contributed by atoms with Gasteiger partial charge in [0.15, 0.2) is 0 Å². The van der Waals surface area contributed by atoms with Gasteiger partial charge in [0.1, 0.15) is 0 Å². The molecule has 2 aromatic rings. The summed E-state index contributed by atoms with van der Waals surface area (Å²) in [5.74, 6) is -0.269. The number of carbonyl (C=O) groups is 1. The molecule has 3 N–H and O–H groups in total. The van der Waals surface area contributed by atoms with E-state index in [4.69, 9.17) is 17.3 Å². The Balaban J connectivity index is 2.22. The molecule has 1 aromatic carbocycles. The van der Waals surface area contributed by atoms with Crippen LogP contribution in [0.15, 0.2) is 36.5 Å². The number of hydrogen-bond acceptors (Lipinski definition) is 3. The van der Waals surface area contributed by atoms with Gasteiger partial charge in [0.2, 0.25) is 0 Å². The van der Waals surface area contributed by atoms with Gasteiger partial charge < -0.3 is 11.1 Å². The molecular weight excluding hydrogens is 250 g/mol. The molecule has 92 valence electrons. The van der Waals surface area contributed by atoms with Crippen LogP contribution in [0.2, 0.25) is 5.02 Å². The largest absolute Gasteiger partial charge is 0.398 e. The summed E-state index contributed by atoms with van der Waals surface area (Å²) in [6, 6.07) is 8.28. The van der Waals surface area contributed by atoms with E-state index in [1.54, 1.807) is 36.5 Å². The molecule has 0 saturated carbocycles. The zero-order valence-electron chi connectivity index (χ0n) is 9.77. The average Bonchev–Trinajstić information content (AvgIpc) is 2.28. The van der Waals surface area contributed by atoms with Crippen molar-refractivity contribution in [1.29, 1.82) is 0 Å². The quantitative estimate of drug-likeness (QED) is 0.817. The molecule has 5 heteroatoms. The summed E-state index contributed by atoms with van der Waals surface area (Å²) in [4.78, 5) is 16.1. The number of amides is 1. The monoisotopic (exact) mass is 261 g/mol. The molecule has 0 unspecified atom stereocenters. The molecule has 0 bridgehead atoms. The van der Waals surface area contributed by atoms with Gasteiger partial charge in [-0.1, -0.05) is 11.6 Å². The van der Waals surface area contributed by atoms with Crippen LogP contribution in [0.5, 0.6) is 0 Å². The molecule has 0 aliphatic heterocycles. The molecule has 0 aliphatic carbocycles. The van der Waals surface area contributed by atoms with Gasteiger partial charge in [-0.15, -0.1) is 0 Å². The fourth-order valence-corrected chi connectivity index (χ4v) is 1.74. The van der Waals surface area contributed by atoms with Gasteiger partial charge in [-0.05, 0) is 37.3 Å². The minimum absolute atomic E-state index is 0.269. The lowest BCUT2D eigenvalue weighted by atomic mass is 10.1. The molecule has 0 spiro atoms. The molecule has 0 saturated heterocycles. The van der Waals surface area contributed by atoms with Crippen molar-refractivity contribution in [3.8, 4) is 0 Å². The summed E-state index contributed by atoms with van der Waals surface area (Å²) in [5, 5.41) is 3.26. The highest BCUT2D eigenvalue weighted by atomic mass is 35.5. The van der Waals surface area contributed by atoms with Gasteiger partial charge in [-0.2, -0.15) is 0 Å². The lowest BCUT2D eigenvalue weighted by Crippen LogP contribution is -2.14. The van der Waals surface area contributed by atoms with Crippen molar-refractivity contribution in [3.63, 3.8) is 0 Å². The van der Waals surface area contributed by atoms with E-state index in [1.807, 2.05) is 6.92 Å². The lowest BCUT2D eigenvalue weighted by Gasteiger charge is -2.08. The summed E-state index contributed by atoms with van der Waals surface area (Å²) in [7, 11) is 0. The van der Waals surface area contributed by atoms with Crippen LogP contribution in [0, 0.1) is 6.92 Å². The van der Waals surface area contributed by atoms with Crippen LogP contribution in [0.3, 0.4) is 0 Å². The number of aromatic nitrogens is 1. The molecule has 2 rings (SSSR count). The van der Waals surface area contributed by atoms with Gasteiger partial charge >= 0.3 is 0 Å². The summed E-state index contributed by atoms with van der Waals surface area (Å²) in [5.41, 5.74) is 8.01. The first-order valence-electron chi connectivity index (χ1n) is 5.35. The highest BCUT2D eigenvalue weighted by Gasteiger charge is 2.10. The van der Waals surface area contributed by atoms with E-state index in [2.05, 4.69) is 10.3 Å². The highest BCUT2D eigenvalue weighted by Crippen LogP contribution is 2.19. The second-order valence-corrected chi connectivity index (χ2v) is 4.31. The number of nitrogens with one attached hydrogen (secondary N) is 1. The van der Waals surface area contributed by atoms with Crippen LogP contribution < -0.4 is 11.1 Å². The minimum Gasteiger partial charge on any atom is -0.398 e. The Labute approximate surface area is 110 Å². The summed E-state index contributed by atoms with van der Waals surface area (Å²) in [6.07, 6.45) is 1.64. The maximum Gasteiger partial charge on any atom is 0.257 e. The number of benzene rings is 1.